The Kier molecular flexibility index (Phi) is 8.69. The van der Waals surface area contributed by atoms with Gasteiger partial charge in [-0.2, -0.15) is 0 Å². The largest absolute Gasteiger partial charge is 0.364 e. The molecule has 0 aromatic rings. The number of aliphatic hydroxyl groups excluding tert-OH is 4. The topological polar surface area (TPSA) is 162 Å². The molecule has 0 radical (unpaired) electrons. The molecule has 0 aromatic carbocycles. The summed E-state index contributed by atoms with van der Waals surface area (Å²) in [6, 6.07) is 0. The van der Waals surface area contributed by atoms with E-state index in [1.54, 1.807) is 0 Å². The van der Waals surface area contributed by atoms with E-state index < -0.39 is 25.2 Å². The molecule has 0 bridgehead atoms. The van der Waals surface area contributed by atoms with Gasteiger partial charge < -0.3 is 40.9 Å². The Balaban J connectivity index is 0. The lowest BCUT2D eigenvalue weighted by molar-refractivity contribution is -0.207. The monoisotopic (exact) mass is 188 g/mol. The van der Waals surface area contributed by atoms with E-state index in [9.17, 15) is 0 Å². The second kappa shape index (κ2) is 7.34. The van der Waals surface area contributed by atoms with Gasteiger partial charge in [0.15, 0.2) is 0 Å². The molecule has 0 heterocycles. The van der Waals surface area contributed by atoms with Crippen LogP contribution < -0.4 is 0 Å². The van der Waals surface area contributed by atoms with Crippen molar-refractivity contribution in [1.82, 2.24) is 0 Å². The molecule has 0 atom stereocenters. The predicted molar refractivity (Wildman–Crippen MR) is 32.9 cm³/mol. The van der Waals surface area contributed by atoms with Crippen LogP contribution in [0.1, 0.15) is 0 Å². The average molecular weight is 188 g/mol. The van der Waals surface area contributed by atoms with Crippen molar-refractivity contribution in [1.29, 1.82) is 0 Å². The molecule has 8 heteroatoms. The number of hydrogen-bond donors (Lipinski definition) is 8. The molecule has 0 fully saturated rings. The van der Waals surface area contributed by atoms with Gasteiger partial charge in [0.25, 0.3) is 0 Å². The van der Waals surface area contributed by atoms with Gasteiger partial charge in [0, 0.05) is 0 Å². The van der Waals surface area contributed by atoms with Gasteiger partial charge in [-0.05, 0) is 0 Å². The molecule has 0 amide bonds. The summed E-state index contributed by atoms with van der Waals surface area (Å²) in [7, 11) is 0. The van der Waals surface area contributed by atoms with Crippen molar-refractivity contribution in [3.8, 4) is 0 Å². The highest BCUT2D eigenvalue weighted by Gasteiger charge is 2.04. The molecule has 8 N–H and O–H groups in total. The highest BCUT2D eigenvalue weighted by atomic mass is 16.6. The fraction of sp³-hybridized carbons (Fsp3) is 1.00. The summed E-state index contributed by atoms with van der Waals surface area (Å²) in [5, 5.41) is 61.5. The zero-order valence-corrected chi connectivity index (χ0v) is 5.89. The molecule has 0 saturated carbocycles. The van der Waals surface area contributed by atoms with E-state index in [1.165, 1.54) is 0 Å². The fourth-order valence-corrected chi connectivity index (χ4v) is 0. The van der Waals surface area contributed by atoms with Crippen molar-refractivity contribution in [2.45, 2.75) is 25.2 Å². The lowest BCUT2D eigenvalue weighted by atomic mass is 10.6. The van der Waals surface area contributed by atoms with E-state index in [1.807, 2.05) is 0 Å². The Morgan fingerprint density at radius 1 is 0.333 bits per heavy atom. The molecule has 0 aliphatic rings. The van der Waals surface area contributed by atoms with Crippen LogP contribution in [-0.4, -0.2) is 66.0 Å². The fourth-order valence-electron chi connectivity index (χ4n) is 0. The van der Waals surface area contributed by atoms with Gasteiger partial charge in [-0.25, -0.2) is 0 Å². The smallest absolute Gasteiger partial charge is 0.204 e. The first-order valence-electron chi connectivity index (χ1n) is 2.73. The van der Waals surface area contributed by atoms with Gasteiger partial charge in [-0.3, -0.25) is 0 Å². The minimum absolute atomic E-state index is 2.04. The third kappa shape index (κ3) is 12.4. The van der Waals surface area contributed by atoms with Crippen molar-refractivity contribution in [3.05, 3.63) is 0 Å². The third-order valence-corrected chi connectivity index (χ3v) is 0.533. The van der Waals surface area contributed by atoms with Crippen LogP contribution in [0.15, 0.2) is 0 Å². The average Bonchev–Trinajstić information content (AvgIpc) is 1.88. The molecule has 0 unspecified atom stereocenters. The summed E-state index contributed by atoms with van der Waals surface area (Å²) >= 11 is 0. The van der Waals surface area contributed by atoms with E-state index >= 15 is 0 Å². The van der Waals surface area contributed by atoms with Crippen LogP contribution in [-0.2, 0) is 0 Å². The Morgan fingerprint density at radius 3 is 0.417 bits per heavy atom. The first-order chi connectivity index (χ1) is 5.29. The van der Waals surface area contributed by atoms with Crippen LogP contribution in [0.4, 0.5) is 0 Å². The van der Waals surface area contributed by atoms with Crippen molar-refractivity contribution in [2.24, 2.45) is 0 Å². The minimum Gasteiger partial charge on any atom is -0.364 e. The van der Waals surface area contributed by atoms with Crippen LogP contribution in [0.25, 0.3) is 0 Å². The highest BCUT2D eigenvalue weighted by Crippen LogP contribution is 1.77. The molecule has 0 aliphatic carbocycles. The quantitative estimate of drug-likeness (QED) is 0.200. The first kappa shape index (κ1) is 14.2. The van der Waals surface area contributed by atoms with Crippen molar-refractivity contribution in [3.63, 3.8) is 0 Å². The molecule has 0 spiro atoms. The first-order valence-corrected chi connectivity index (χ1v) is 2.73. The molecule has 12 heavy (non-hydrogen) atoms. The van der Waals surface area contributed by atoms with Crippen LogP contribution in [0, 0.1) is 0 Å². The van der Waals surface area contributed by atoms with Crippen LogP contribution in [0.2, 0.25) is 0 Å². The van der Waals surface area contributed by atoms with Crippen LogP contribution in [0.3, 0.4) is 0 Å². The summed E-state index contributed by atoms with van der Waals surface area (Å²) in [5.41, 5.74) is 0. The van der Waals surface area contributed by atoms with Crippen molar-refractivity contribution in [2.75, 3.05) is 0 Å². The van der Waals surface area contributed by atoms with Gasteiger partial charge in [0.2, 0.25) is 25.2 Å². The zero-order valence-electron chi connectivity index (χ0n) is 5.89. The summed E-state index contributed by atoms with van der Waals surface area (Å²) in [6.45, 7) is 0. The van der Waals surface area contributed by atoms with E-state index in [0.717, 1.165) is 0 Å². The van der Waals surface area contributed by atoms with E-state index in [2.05, 4.69) is 0 Å². The second-order valence-electron chi connectivity index (χ2n) is 1.65. The summed E-state index contributed by atoms with van der Waals surface area (Å²) in [6.07, 6.45) is -8.15. The van der Waals surface area contributed by atoms with E-state index in [-0.39, 0.29) is 0 Å². The Labute approximate surface area is 67.2 Å². The minimum atomic E-state index is -2.04. The maximum Gasteiger partial charge on any atom is 0.204 e. The van der Waals surface area contributed by atoms with Crippen molar-refractivity contribution < 1.29 is 40.9 Å². The summed E-state index contributed by atoms with van der Waals surface area (Å²) in [4.78, 5) is 0. The standard InChI is InChI=1S/2C2H6O4/c2*3-1(4)2(5)6/h2*1-6H. The summed E-state index contributed by atoms with van der Waals surface area (Å²) in [5.74, 6) is 0. The molecular weight excluding hydrogens is 176 g/mol. The lowest BCUT2D eigenvalue weighted by Crippen LogP contribution is -2.23. The van der Waals surface area contributed by atoms with E-state index in [0.29, 0.717) is 0 Å². The number of hydrogen-bond acceptors (Lipinski definition) is 8. The molecular formula is C4H12O8. The van der Waals surface area contributed by atoms with Gasteiger partial charge in [0.05, 0.1) is 0 Å². The van der Waals surface area contributed by atoms with Crippen LogP contribution in [0.5, 0.6) is 0 Å². The van der Waals surface area contributed by atoms with Gasteiger partial charge >= 0.3 is 0 Å². The number of aliphatic hydroxyl groups is 8. The third-order valence-electron chi connectivity index (χ3n) is 0.533. The Morgan fingerprint density at radius 2 is 0.417 bits per heavy atom. The molecule has 0 aromatic heterocycles. The van der Waals surface area contributed by atoms with Gasteiger partial charge in [0.1, 0.15) is 0 Å². The molecule has 0 rings (SSSR count). The lowest BCUT2D eigenvalue weighted by Gasteiger charge is -2.01. The summed E-state index contributed by atoms with van der Waals surface area (Å²) < 4.78 is 0. The van der Waals surface area contributed by atoms with Gasteiger partial charge in [-0.1, -0.05) is 0 Å². The molecule has 0 aliphatic heterocycles. The maximum absolute atomic E-state index is 7.69. The van der Waals surface area contributed by atoms with Crippen LogP contribution >= 0.6 is 0 Å². The van der Waals surface area contributed by atoms with Crippen molar-refractivity contribution >= 4 is 0 Å². The zero-order chi connectivity index (χ0) is 10.3. The highest BCUT2D eigenvalue weighted by molar-refractivity contribution is 4.31. The second-order valence-corrected chi connectivity index (χ2v) is 1.65. The van der Waals surface area contributed by atoms with Gasteiger partial charge in [-0.15, -0.1) is 0 Å². The maximum atomic E-state index is 7.69. The van der Waals surface area contributed by atoms with E-state index in [4.69, 9.17) is 40.9 Å². The molecule has 76 valence electrons. The normalized spacial score (nSPS) is 11.0. The molecule has 0 saturated heterocycles. The number of rotatable bonds is 2. The predicted octanol–water partition coefficient (Wildman–Crippen LogP) is -4.78. The SMILES string of the molecule is OC(O)C(O)O.OC(O)C(O)O. The Bertz CT molecular complexity index is 65.1. The Hall–Kier alpha value is -0.320. The molecule has 8 nitrogen and oxygen atoms in total.